The summed E-state index contributed by atoms with van der Waals surface area (Å²) in [6.07, 6.45) is 0.354. The number of hydrogen-bond donors (Lipinski definition) is 1. The number of para-hydroxylation sites is 1. The van der Waals surface area contributed by atoms with Crippen molar-refractivity contribution in [3.63, 3.8) is 0 Å². The van der Waals surface area contributed by atoms with Gasteiger partial charge in [-0.2, -0.15) is 0 Å². The summed E-state index contributed by atoms with van der Waals surface area (Å²) in [5, 5.41) is 0. The fraction of sp³-hybridized carbons (Fsp3) is 0.316. The molecule has 2 saturated heterocycles. The van der Waals surface area contributed by atoms with Gasteiger partial charge in [-0.15, -0.1) is 0 Å². The molecule has 4 rings (SSSR count). The van der Waals surface area contributed by atoms with E-state index in [1.54, 1.807) is 36.4 Å². The van der Waals surface area contributed by atoms with E-state index in [2.05, 4.69) is 0 Å². The van der Waals surface area contributed by atoms with Crippen molar-refractivity contribution in [3.8, 4) is 11.5 Å². The number of benzene rings is 2. The lowest BCUT2D eigenvalue weighted by molar-refractivity contribution is 0.112. The zero-order valence-electron chi connectivity index (χ0n) is 15.1. The molecule has 0 amide bonds. The first-order valence-electron chi connectivity index (χ1n) is 8.92. The third-order valence-corrected chi connectivity index (χ3v) is 7.45. The summed E-state index contributed by atoms with van der Waals surface area (Å²) in [6.45, 7) is 5.09. The molecular weight excluding hydrogens is 365 g/mol. The van der Waals surface area contributed by atoms with Crippen LogP contribution in [0.15, 0.2) is 42.5 Å². The van der Waals surface area contributed by atoms with E-state index in [9.17, 15) is 9.36 Å². The summed E-state index contributed by atoms with van der Waals surface area (Å²) in [5.41, 5.74) is 7.75. The number of rotatable bonds is 8. The first-order chi connectivity index (χ1) is 13.0. The highest BCUT2D eigenvalue weighted by molar-refractivity contribution is 7.54. The average Bonchev–Trinajstić information content (AvgIpc) is 3.56. The standard InChI is InChI=1S/C19H22N3O4P/c1-14(26-27(24,21-8-9-21)22-10-11-22)15-6-7-17(20)19(12-15)25-18-5-3-2-4-16(18)13-23/h2-7,12-14H,8-11,20H2,1H3. The van der Waals surface area contributed by atoms with Crippen LogP contribution in [0.2, 0.25) is 0 Å². The zero-order chi connectivity index (χ0) is 19.0. The van der Waals surface area contributed by atoms with Gasteiger partial charge < -0.3 is 10.5 Å². The molecule has 0 aromatic heterocycles. The van der Waals surface area contributed by atoms with E-state index in [4.69, 9.17) is 15.0 Å². The van der Waals surface area contributed by atoms with Gasteiger partial charge in [0.15, 0.2) is 12.0 Å². The minimum absolute atomic E-state index is 0.388. The number of hydrogen-bond acceptors (Lipinski definition) is 5. The van der Waals surface area contributed by atoms with Crippen molar-refractivity contribution in [1.29, 1.82) is 0 Å². The largest absolute Gasteiger partial charge is 0.454 e. The van der Waals surface area contributed by atoms with E-state index in [-0.39, 0.29) is 6.10 Å². The van der Waals surface area contributed by atoms with Crippen LogP contribution >= 0.6 is 7.67 Å². The van der Waals surface area contributed by atoms with Gasteiger partial charge in [0, 0.05) is 26.2 Å². The van der Waals surface area contributed by atoms with Gasteiger partial charge in [-0.05, 0) is 36.8 Å². The molecule has 2 aliphatic rings. The monoisotopic (exact) mass is 387 g/mol. The van der Waals surface area contributed by atoms with Crippen LogP contribution in [0, 0.1) is 0 Å². The molecule has 7 nitrogen and oxygen atoms in total. The van der Waals surface area contributed by atoms with Crippen LogP contribution in [0.5, 0.6) is 11.5 Å². The van der Waals surface area contributed by atoms with E-state index < -0.39 is 7.67 Å². The number of anilines is 1. The summed E-state index contributed by atoms with van der Waals surface area (Å²) in [5.74, 6) is 0.870. The van der Waals surface area contributed by atoms with Gasteiger partial charge in [0.1, 0.15) is 5.75 Å². The fourth-order valence-electron chi connectivity index (χ4n) is 2.86. The van der Waals surface area contributed by atoms with Crippen LogP contribution in [0.4, 0.5) is 5.69 Å². The fourth-order valence-corrected chi connectivity index (χ4v) is 5.20. The van der Waals surface area contributed by atoms with Crippen LogP contribution in [-0.2, 0) is 9.09 Å². The van der Waals surface area contributed by atoms with E-state index in [1.807, 2.05) is 22.3 Å². The van der Waals surface area contributed by atoms with Crippen molar-refractivity contribution in [2.75, 3.05) is 31.9 Å². The van der Waals surface area contributed by atoms with Crippen LogP contribution in [0.3, 0.4) is 0 Å². The maximum Gasteiger partial charge on any atom is 0.346 e. The SMILES string of the molecule is CC(OP(=O)(N1CC1)N1CC1)c1ccc(N)c(Oc2ccccc2C=O)c1. The van der Waals surface area contributed by atoms with E-state index in [0.717, 1.165) is 38.0 Å². The van der Waals surface area contributed by atoms with Gasteiger partial charge in [0.05, 0.1) is 17.4 Å². The summed E-state index contributed by atoms with van der Waals surface area (Å²) in [4.78, 5) is 11.2. The smallest absolute Gasteiger partial charge is 0.346 e. The Hall–Kier alpha value is -2.18. The topological polar surface area (TPSA) is 84.6 Å². The number of ether oxygens (including phenoxy) is 1. The molecule has 2 aromatic rings. The molecule has 2 aliphatic heterocycles. The Labute approximate surface area is 158 Å². The van der Waals surface area contributed by atoms with E-state index in [0.29, 0.717) is 22.7 Å². The molecule has 1 unspecified atom stereocenters. The Kier molecular flexibility index (Phi) is 4.78. The van der Waals surface area contributed by atoms with E-state index in [1.165, 1.54) is 0 Å². The van der Waals surface area contributed by atoms with Crippen molar-refractivity contribution in [1.82, 2.24) is 9.34 Å². The molecule has 27 heavy (non-hydrogen) atoms. The second kappa shape index (κ2) is 7.09. The van der Waals surface area contributed by atoms with Crippen LogP contribution < -0.4 is 10.5 Å². The Morgan fingerprint density at radius 2 is 1.74 bits per heavy atom. The highest BCUT2D eigenvalue weighted by Crippen LogP contribution is 2.63. The summed E-state index contributed by atoms with van der Waals surface area (Å²) in [6, 6.07) is 12.3. The second-order valence-electron chi connectivity index (χ2n) is 6.70. The molecule has 0 aliphatic carbocycles. The maximum atomic E-state index is 13.2. The molecule has 2 fully saturated rings. The zero-order valence-corrected chi connectivity index (χ0v) is 16.0. The highest BCUT2D eigenvalue weighted by Gasteiger charge is 2.50. The predicted molar refractivity (Wildman–Crippen MR) is 103 cm³/mol. The summed E-state index contributed by atoms with van der Waals surface area (Å²) < 4.78 is 28.8. The van der Waals surface area contributed by atoms with Gasteiger partial charge in [-0.3, -0.25) is 13.9 Å². The molecule has 2 aromatic carbocycles. The number of nitrogens with two attached hydrogens (primary N) is 1. The first kappa shape index (κ1) is 18.2. The van der Waals surface area contributed by atoms with Crippen molar-refractivity contribution >= 4 is 19.6 Å². The molecule has 1 atom stereocenters. The molecule has 142 valence electrons. The molecule has 0 saturated carbocycles. The number of nitrogen functional groups attached to an aromatic ring is 1. The Bertz CT molecular complexity index is 896. The normalized spacial score (nSPS) is 18.1. The quantitative estimate of drug-likeness (QED) is 0.320. The second-order valence-corrected chi connectivity index (χ2v) is 9.02. The molecule has 2 heterocycles. The highest BCUT2D eigenvalue weighted by atomic mass is 31.2. The van der Waals surface area contributed by atoms with Crippen LogP contribution in [-0.4, -0.2) is 41.8 Å². The molecule has 0 bridgehead atoms. The lowest BCUT2D eigenvalue weighted by Crippen LogP contribution is -2.10. The predicted octanol–water partition coefficient (Wildman–Crippen LogP) is 3.69. The number of carbonyl (C=O) groups is 1. The molecule has 8 heteroatoms. The van der Waals surface area contributed by atoms with Crippen molar-refractivity contribution in [2.45, 2.75) is 13.0 Å². The number of aldehydes is 1. The van der Waals surface area contributed by atoms with Gasteiger partial charge in [-0.1, -0.05) is 18.2 Å². The third kappa shape index (κ3) is 3.77. The third-order valence-electron chi connectivity index (χ3n) is 4.63. The minimum Gasteiger partial charge on any atom is -0.454 e. The lowest BCUT2D eigenvalue weighted by Gasteiger charge is -2.24. The van der Waals surface area contributed by atoms with Gasteiger partial charge in [0.2, 0.25) is 0 Å². The Morgan fingerprint density at radius 3 is 2.37 bits per heavy atom. The Morgan fingerprint density at radius 1 is 1.07 bits per heavy atom. The van der Waals surface area contributed by atoms with Crippen molar-refractivity contribution < 1.29 is 18.6 Å². The molecular formula is C19H22N3O4P. The molecule has 0 radical (unpaired) electrons. The molecule has 2 N–H and O–H groups in total. The summed E-state index contributed by atoms with van der Waals surface area (Å²) >= 11 is 0. The lowest BCUT2D eigenvalue weighted by atomic mass is 10.1. The van der Waals surface area contributed by atoms with Gasteiger partial charge >= 0.3 is 7.67 Å². The molecule has 0 spiro atoms. The van der Waals surface area contributed by atoms with Crippen LogP contribution in [0.1, 0.15) is 28.9 Å². The van der Waals surface area contributed by atoms with E-state index >= 15 is 0 Å². The van der Waals surface area contributed by atoms with Gasteiger partial charge in [0.25, 0.3) is 0 Å². The van der Waals surface area contributed by atoms with Gasteiger partial charge in [-0.25, -0.2) is 9.34 Å². The minimum atomic E-state index is -2.92. The number of nitrogens with zero attached hydrogens (tertiary/aromatic N) is 2. The maximum absolute atomic E-state index is 13.2. The first-order valence-corrected chi connectivity index (χ1v) is 10.4. The average molecular weight is 387 g/mol. The Balaban J connectivity index is 1.56. The van der Waals surface area contributed by atoms with Crippen molar-refractivity contribution in [3.05, 3.63) is 53.6 Å². The summed E-state index contributed by atoms with van der Waals surface area (Å²) in [7, 11) is -2.92. The number of carbonyl (C=O) groups excluding carboxylic acids is 1. The van der Waals surface area contributed by atoms with Crippen molar-refractivity contribution in [2.24, 2.45) is 0 Å². The van der Waals surface area contributed by atoms with Crippen LogP contribution in [0.25, 0.3) is 0 Å².